The van der Waals surface area contributed by atoms with Crippen molar-refractivity contribution in [3.05, 3.63) is 35.9 Å². The molecule has 1 rings (SSSR count). The first-order valence-corrected chi connectivity index (χ1v) is 6.04. The Balaban J connectivity index is 2.46. The Morgan fingerprint density at radius 2 is 1.79 bits per heavy atom. The van der Waals surface area contributed by atoms with Gasteiger partial charge >= 0.3 is 0 Å². The second kappa shape index (κ2) is 5.33. The van der Waals surface area contributed by atoms with E-state index in [2.05, 4.69) is 4.72 Å². The zero-order valence-electron chi connectivity index (χ0n) is 7.04. The van der Waals surface area contributed by atoms with Crippen LogP contribution >= 0.6 is 34.8 Å². The van der Waals surface area contributed by atoms with Gasteiger partial charge in [0.1, 0.15) is 11.0 Å². The van der Waals surface area contributed by atoms with Crippen LogP contribution in [0.2, 0.25) is 0 Å². The molecule has 0 amide bonds. The molecule has 0 bridgehead atoms. The predicted molar refractivity (Wildman–Crippen MR) is 61.7 cm³/mol. The van der Waals surface area contributed by atoms with Gasteiger partial charge < -0.3 is 0 Å². The van der Waals surface area contributed by atoms with Crippen LogP contribution in [0.4, 0.5) is 0 Å². The SMILES string of the molecule is O=S(NCc1ccccc1)C(Cl)(Cl)Cl. The van der Waals surface area contributed by atoms with Crippen LogP contribution in [0.15, 0.2) is 30.3 Å². The molecule has 1 unspecified atom stereocenters. The smallest absolute Gasteiger partial charge is 0.238 e. The summed E-state index contributed by atoms with van der Waals surface area (Å²) in [4.78, 5) is 0. The van der Waals surface area contributed by atoms with Gasteiger partial charge in [-0.1, -0.05) is 65.1 Å². The van der Waals surface area contributed by atoms with Crippen LogP contribution in [0.3, 0.4) is 0 Å². The summed E-state index contributed by atoms with van der Waals surface area (Å²) in [6, 6.07) is 9.45. The molecule has 1 atom stereocenters. The van der Waals surface area contributed by atoms with Crippen molar-refractivity contribution >= 4 is 45.8 Å². The maximum Gasteiger partial charge on any atom is 0.280 e. The van der Waals surface area contributed by atoms with Gasteiger partial charge in [0.2, 0.25) is 0 Å². The summed E-state index contributed by atoms with van der Waals surface area (Å²) < 4.78 is 12.1. The Kier molecular flexibility index (Phi) is 4.67. The van der Waals surface area contributed by atoms with Gasteiger partial charge in [0.25, 0.3) is 3.12 Å². The zero-order chi connectivity index (χ0) is 10.6. The highest BCUT2D eigenvalue weighted by atomic mass is 35.6. The molecule has 14 heavy (non-hydrogen) atoms. The monoisotopic (exact) mass is 271 g/mol. The van der Waals surface area contributed by atoms with E-state index in [1.54, 1.807) is 0 Å². The molecule has 0 aromatic heterocycles. The van der Waals surface area contributed by atoms with E-state index in [0.717, 1.165) is 5.56 Å². The number of hydrogen-bond donors (Lipinski definition) is 1. The highest BCUT2D eigenvalue weighted by Crippen LogP contribution is 2.28. The molecule has 0 saturated carbocycles. The summed E-state index contributed by atoms with van der Waals surface area (Å²) in [6.45, 7) is 0.404. The van der Waals surface area contributed by atoms with Crippen molar-refractivity contribution in [2.24, 2.45) is 0 Å². The molecule has 1 aromatic carbocycles. The molecule has 6 heteroatoms. The number of hydrogen-bond acceptors (Lipinski definition) is 1. The first-order chi connectivity index (χ1) is 6.50. The van der Waals surface area contributed by atoms with Crippen LogP contribution in [0, 0.1) is 0 Å². The van der Waals surface area contributed by atoms with Crippen molar-refractivity contribution in [2.45, 2.75) is 9.67 Å². The first-order valence-electron chi connectivity index (χ1n) is 3.76. The quantitative estimate of drug-likeness (QED) is 0.842. The van der Waals surface area contributed by atoms with Gasteiger partial charge in [0.05, 0.1) is 0 Å². The highest BCUT2D eigenvalue weighted by Gasteiger charge is 2.28. The van der Waals surface area contributed by atoms with Crippen LogP contribution in [0.1, 0.15) is 5.56 Å². The van der Waals surface area contributed by atoms with Crippen LogP contribution in [0.25, 0.3) is 0 Å². The lowest BCUT2D eigenvalue weighted by atomic mass is 10.2. The minimum atomic E-state index is -1.78. The van der Waals surface area contributed by atoms with Crippen LogP contribution in [0.5, 0.6) is 0 Å². The zero-order valence-corrected chi connectivity index (χ0v) is 10.1. The van der Waals surface area contributed by atoms with Crippen molar-refractivity contribution in [3.63, 3.8) is 0 Å². The minimum Gasteiger partial charge on any atom is -0.238 e. The maximum absolute atomic E-state index is 11.2. The molecule has 1 N–H and O–H groups in total. The van der Waals surface area contributed by atoms with Gasteiger partial charge in [-0.05, 0) is 5.56 Å². The average molecular weight is 273 g/mol. The number of rotatable bonds is 3. The lowest BCUT2D eigenvalue weighted by molar-refractivity contribution is 0.672. The molecular formula is C8H8Cl3NOS. The summed E-state index contributed by atoms with van der Waals surface area (Å²) in [5.74, 6) is 0. The Morgan fingerprint density at radius 3 is 2.29 bits per heavy atom. The third-order valence-electron chi connectivity index (χ3n) is 1.46. The third kappa shape index (κ3) is 4.15. The first kappa shape index (κ1) is 12.3. The molecule has 0 radical (unpaired) electrons. The topological polar surface area (TPSA) is 29.1 Å². The van der Waals surface area contributed by atoms with Gasteiger partial charge in [0.15, 0.2) is 0 Å². The lowest BCUT2D eigenvalue weighted by Gasteiger charge is -2.11. The summed E-state index contributed by atoms with van der Waals surface area (Å²) in [6.07, 6.45) is 0. The van der Waals surface area contributed by atoms with Crippen molar-refractivity contribution in [2.75, 3.05) is 0 Å². The average Bonchev–Trinajstić information content (AvgIpc) is 2.14. The number of halogens is 3. The van der Waals surface area contributed by atoms with Crippen LogP contribution in [-0.4, -0.2) is 7.33 Å². The Bertz CT molecular complexity index is 312. The molecule has 0 aliphatic carbocycles. The largest absolute Gasteiger partial charge is 0.280 e. The van der Waals surface area contributed by atoms with Gasteiger partial charge in [-0.3, -0.25) is 0 Å². The van der Waals surface area contributed by atoms with E-state index in [0.29, 0.717) is 6.54 Å². The third-order valence-corrected chi connectivity index (χ3v) is 3.55. The predicted octanol–water partition coefficient (Wildman–Crippen LogP) is 2.77. The molecule has 0 aliphatic heterocycles. The van der Waals surface area contributed by atoms with Crippen LogP contribution < -0.4 is 4.72 Å². The lowest BCUT2D eigenvalue weighted by Crippen LogP contribution is -2.27. The molecular weight excluding hydrogens is 265 g/mol. The second-order valence-corrected chi connectivity index (χ2v) is 6.91. The molecule has 78 valence electrons. The fraction of sp³-hybridized carbons (Fsp3) is 0.250. The van der Waals surface area contributed by atoms with Gasteiger partial charge in [-0.15, -0.1) is 0 Å². The Hall–Kier alpha value is 0.200. The van der Waals surface area contributed by atoms with E-state index in [9.17, 15) is 4.21 Å². The van der Waals surface area contributed by atoms with Crippen molar-refractivity contribution < 1.29 is 4.21 Å². The standard InChI is InChI=1S/C8H8Cl3NOS/c9-8(10,11)14(13)12-6-7-4-2-1-3-5-7/h1-5,12H,6H2. The molecule has 0 heterocycles. The summed E-state index contributed by atoms with van der Waals surface area (Å²) >= 11 is 16.3. The van der Waals surface area contributed by atoms with Gasteiger partial charge in [-0.25, -0.2) is 8.93 Å². The van der Waals surface area contributed by atoms with Crippen LogP contribution in [-0.2, 0) is 17.5 Å². The molecule has 0 fully saturated rings. The molecule has 1 aromatic rings. The van der Waals surface area contributed by atoms with Gasteiger partial charge in [0, 0.05) is 6.54 Å². The van der Waals surface area contributed by atoms with E-state index < -0.39 is 14.1 Å². The highest BCUT2D eigenvalue weighted by molar-refractivity contribution is 7.89. The molecule has 2 nitrogen and oxygen atoms in total. The number of nitrogens with one attached hydrogen (secondary N) is 1. The fourth-order valence-corrected chi connectivity index (χ4v) is 1.78. The molecule has 0 saturated heterocycles. The minimum absolute atomic E-state index is 0.404. The van der Waals surface area contributed by atoms with Crippen molar-refractivity contribution in [1.29, 1.82) is 0 Å². The van der Waals surface area contributed by atoms with Crippen molar-refractivity contribution in [3.8, 4) is 0 Å². The molecule has 0 aliphatic rings. The summed E-state index contributed by atoms with van der Waals surface area (Å²) in [7, 11) is -1.69. The van der Waals surface area contributed by atoms with Gasteiger partial charge in [-0.2, -0.15) is 0 Å². The number of alkyl halides is 3. The second-order valence-electron chi connectivity index (χ2n) is 2.52. The Morgan fingerprint density at radius 1 is 1.21 bits per heavy atom. The maximum atomic E-state index is 11.2. The van der Waals surface area contributed by atoms with E-state index in [1.165, 1.54) is 0 Å². The van der Waals surface area contributed by atoms with Crippen molar-refractivity contribution in [1.82, 2.24) is 4.72 Å². The summed E-state index contributed by atoms with van der Waals surface area (Å²) in [5.41, 5.74) is 0.982. The van der Waals surface area contributed by atoms with E-state index in [1.807, 2.05) is 30.3 Å². The van der Waals surface area contributed by atoms with E-state index in [-0.39, 0.29) is 0 Å². The Labute approximate surface area is 100 Å². The van der Waals surface area contributed by atoms with E-state index >= 15 is 0 Å². The number of benzene rings is 1. The molecule has 0 spiro atoms. The normalized spacial score (nSPS) is 13.9. The van der Waals surface area contributed by atoms with E-state index in [4.69, 9.17) is 34.8 Å². The summed E-state index contributed by atoms with van der Waals surface area (Å²) in [5, 5.41) is 0. The fourth-order valence-electron chi connectivity index (χ4n) is 0.827.